The fourth-order valence-electron chi connectivity index (χ4n) is 3.63. The van der Waals surface area contributed by atoms with Crippen LogP contribution in [0.3, 0.4) is 0 Å². The maximum Gasteiger partial charge on any atom is 0.0227 e. The van der Waals surface area contributed by atoms with Crippen LogP contribution in [-0.2, 0) is 0 Å². The molecule has 3 N–H and O–H groups in total. The minimum absolute atomic E-state index is 0.333. The lowest BCUT2D eigenvalue weighted by molar-refractivity contribution is 0.0304. The second-order valence-corrected chi connectivity index (χ2v) is 6.70. The summed E-state index contributed by atoms with van der Waals surface area (Å²) in [4.78, 5) is 2.72. The maximum atomic E-state index is 5.93. The van der Waals surface area contributed by atoms with E-state index in [1.165, 1.54) is 25.9 Å². The first-order chi connectivity index (χ1) is 8.50. The van der Waals surface area contributed by atoms with Crippen molar-refractivity contribution >= 4 is 0 Å². The molecule has 0 saturated carbocycles. The molecular formula is C15H33N3. The van der Waals surface area contributed by atoms with Gasteiger partial charge in [0.2, 0.25) is 0 Å². The Labute approximate surface area is 113 Å². The number of nitrogens with two attached hydrogens (primary N) is 1. The molecule has 1 heterocycles. The topological polar surface area (TPSA) is 41.3 Å². The summed E-state index contributed by atoms with van der Waals surface area (Å²) in [6, 6.07) is 0. The van der Waals surface area contributed by atoms with E-state index in [9.17, 15) is 0 Å². The van der Waals surface area contributed by atoms with Crippen molar-refractivity contribution in [2.24, 2.45) is 17.6 Å². The molecule has 108 valence electrons. The molecule has 0 unspecified atom stereocenters. The molecule has 0 spiro atoms. The van der Waals surface area contributed by atoms with Gasteiger partial charge in [0.25, 0.3) is 0 Å². The van der Waals surface area contributed by atoms with Gasteiger partial charge in [-0.1, -0.05) is 27.7 Å². The van der Waals surface area contributed by atoms with Crippen LogP contribution in [0.2, 0.25) is 0 Å². The highest BCUT2D eigenvalue weighted by molar-refractivity contribution is 4.94. The van der Waals surface area contributed by atoms with Crippen LogP contribution in [0.4, 0.5) is 0 Å². The van der Waals surface area contributed by atoms with Crippen molar-refractivity contribution in [1.29, 1.82) is 0 Å². The van der Waals surface area contributed by atoms with Gasteiger partial charge in [0.1, 0.15) is 0 Å². The molecule has 1 aliphatic heterocycles. The summed E-state index contributed by atoms with van der Waals surface area (Å²) in [5, 5.41) is 3.46. The van der Waals surface area contributed by atoms with Crippen LogP contribution < -0.4 is 11.1 Å². The number of piperazine rings is 1. The Morgan fingerprint density at radius 3 is 1.94 bits per heavy atom. The predicted octanol–water partition coefficient (Wildman–Crippen LogP) is 2.07. The van der Waals surface area contributed by atoms with Crippen molar-refractivity contribution in [2.45, 2.75) is 52.5 Å². The first-order valence-electron chi connectivity index (χ1n) is 7.66. The van der Waals surface area contributed by atoms with Crippen LogP contribution in [0.1, 0.15) is 47.0 Å². The van der Waals surface area contributed by atoms with Crippen LogP contribution in [0.25, 0.3) is 0 Å². The minimum Gasteiger partial charge on any atom is -0.330 e. The number of nitrogens with one attached hydrogen (secondary N) is 1. The summed E-state index contributed by atoms with van der Waals surface area (Å²) in [5.41, 5.74) is 6.26. The molecule has 0 aromatic carbocycles. The Hall–Kier alpha value is -0.120. The highest BCUT2D eigenvalue weighted by Gasteiger charge is 2.37. The second-order valence-electron chi connectivity index (χ2n) is 6.70. The molecule has 0 bridgehead atoms. The number of hydrogen-bond donors (Lipinski definition) is 2. The lowest BCUT2D eigenvalue weighted by Crippen LogP contribution is -2.58. The van der Waals surface area contributed by atoms with Crippen molar-refractivity contribution in [3.8, 4) is 0 Å². The quantitative estimate of drug-likeness (QED) is 0.732. The van der Waals surface area contributed by atoms with E-state index in [1.54, 1.807) is 0 Å². The summed E-state index contributed by atoms with van der Waals surface area (Å²) in [7, 11) is 0. The summed E-state index contributed by atoms with van der Waals surface area (Å²) >= 11 is 0. The third-order valence-corrected chi connectivity index (χ3v) is 3.97. The fourth-order valence-corrected chi connectivity index (χ4v) is 3.63. The van der Waals surface area contributed by atoms with Gasteiger partial charge in [-0.25, -0.2) is 0 Å². The van der Waals surface area contributed by atoms with Crippen molar-refractivity contribution in [1.82, 2.24) is 10.2 Å². The van der Waals surface area contributed by atoms with Gasteiger partial charge in [-0.3, -0.25) is 4.90 Å². The largest absolute Gasteiger partial charge is 0.330 e. The Kier molecular flexibility index (Phi) is 6.61. The lowest BCUT2D eigenvalue weighted by Gasteiger charge is -2.48. The zero-order valence-electron chi connectivity index (χ0n) is 12.8. The lowest BCUT2D eigenvalue weighted by atomic mass is 9.77. The van der Waals surface area contributed by atoms with Crippen LogP contribution in [0, 0.1) is 11.8 Å². The summed E-state index contributed by atoms with van der Waals surface area (Å²) in [5.74, 6) is 1.48. The average Bonchev–Trinajstić information content (AvgIpc) is 2.28. The molecule has 0 aromatic rings. The molecule has 0 aliphatic carbocycles. The summed E-state index contributed by atoms with van der Waals surface area (Å²) in [6.07, 6.45) is 3.70. The summed E-state index contributed by atoms with van der Waals surface area (Å²) < 4.78 is 0. The number of rotatable bonds is 7. The Balaban J connectivity index is 2.85. The van der Waals surface area contributed by atoms with E-state index in [1.807, 2.05) is 0 Å². The van der Waals surface area contributed by atoms with Gasteiger partial charge in [0, 0.05) is 31.7 Å². The van der Waals surface area contributed by atoms with Gasteiger partial charge in [0.15, 0.2) is 0 Å². The standard InChI is InChI=1S/C15H33N3/c1-13(2)11-15(5-6-16,12-14(3)4)18-9-7-17-8-10-18/h13-14,17H,5-12,16H2,1-4H3. The van der Waals surface area contributed by atoms with Gasteiger partial charge in [0.05, 0.1) is 0 Å². The molecule has 0 atom stereocenters. The van der Waals surface area contributed by atoms with E-state index in [4.69, 9.17) is 5.73 Å². The molecule has 3 heteroatoms. The SMILES string of the molecule is CC(C)CC(CCN)(CC(C)C)N1CCNCC1. The van der Waals surface area contributed by atoms with E-state index >= 15 is 0 Å². The van der Waals surface area contributed by atoms with Crippen LogP contribution in [-0.4, -0.2) is 43.2 Å². The van der Waals surface area contributed by atoms with E-state index < -0.39 is 0 Å². The zero-order valence-corrected chi connectivity index (χ0v) is 12.8. The molecule has 0 radical (unpaired) electrons. The molecule has 1 saturated heterocycles. The Morgan fingerprint density at radius 1 is 1.06 bits per heavy atom. The molecule has 1 aliphatic rings. The minimum atomic E-state index is 0.333. The van der Waals surface area contributed by atoms with E-state index in [0.29, 0.717) is 5.54 Å². The highest BCUT2D eigenvalue weighted by Crippen LogP contribution is 2.34. The van der Waals surface area contributed by atoms with Crippen LogP contribution in [0.5, 0.6) is 0 Å². The zero-order chi connectivity index (χ0) is 13.6. The first kappa shape index (κ1) is 15.9. The summed E-state index contributed by atoms with van der Waals surface area (Å²) in [6.45, 7) is 14.8. The highest BCUT2D eigenvalue weighted by atomic mass is 15.2. The molecular weight excluding hydrogens is 222 g/mol. The molecule has 0 aromatic heterocycles. The van der Waals surface area contributed by atoms with E-state index in [-0.39, 0.29) is 0 Å². The predicted molar refractivity (Wildman–Crippen MR) is 79.8 cm³/mol. The third-order valence-electron chi connectivity index (χ3n) is 3.97. The van der Waals surface area contributed by atoms with Crippen LogP contribution >= 0.6 is 0 Å². The molecule has 0 amide bonds. The fraction of sp³-hybridized carbons (Fsp3) is 1.00. The van der Waals surface area contributed by atoms with Gasteiger partial charge >= 0.3 is 0 Å². The number of hydrogen-bond acceptors (Lipinski definition) is 3. The molecule has 3 nitrogen and oxygen atoms in total. The van der Waals surface area contributed by atoms with Gasteiger partial charge < -0.3 is 11.1 Å². The van der Waals surface area contributed by atoms with Crippen molar-refractivity contribution in [2.75, 3.05) is 32.7 Å². The van der Waals surface area contributed by atoms with Crippen molar-refractivity contribution in [3.63, 3.8) is 0 Å². The van der Waals surface area contributed by atoms with Crippen molar-refractivity contribution in [3.05, 3.63) is 0 Å². The first-order valence-corrected chi connectivity index (χ1v) is 7.66. The average molecular weight is 255 g/mol. The van der Waals surface area contributed by atoms with Gasteiger partial charge in [-0.2, -0.15) is 0 Å². The normalized spacial score (nSPS) is 18.8. The second kappa shape index (κ2) is 7.46. The smallest absolute Gasteiger partial charge is 0.0227 e. The van der Waals surface area contributed by atoms with Gasteiger partial charge in [-0.15, -0.1) is 0 Å². The third kappa shape index (κ3) is 4.52. The Bertz CT molecular complexity index is 210. The van der Waals surface area contributed by atoms with Crippen LogP contribution in [0.15, 0.2) is 0 Å². The van der Waals surface area contributed by atoms with E-state index in [0.717, 1.165) is 37.9 Å². The number of nitrogens with zero attached hydrogens (tertiary/aromatic N) is 1. The monoisotopic (exact) mass is 255 g/mol. The molecule has 1 fully saturated rings. The molecule has 18 heavy (non-hydrogen) atoms. The van der Waals surface area contributed by atoms with Gasteiger partial charge in [-0.05, 0) is 37.6 Å². The molecule has 1 rings (SSSR count). The van der Waals surface area contributed by atoms with Crippen molar-refractivity contribution < 1.29 is 0 Å². The maximum absolute atomic E-state index is 5.93. The van der Waals surface area contributed by atoms with E-state index in [2.05, 4.69) is 37.9 Å². The Morgan fingerprint density at radius 2 is 1.56 bits per heavy atom.